The number of carbonyl (C=O) groups excluding carboxylic acids is 1. The lowest BCUT2D eigenvalue weighted by molar-refractivity contribution is -0.139. The van der Waals surface area contributed by atoms with Crippen LogP contribution in [0.4, 0.5) is 0 Å². The zero-order chi connectivity index (χ0) is 22.0. The van der Waals surface area contributed by atoms with Crippen LogP contribution in [0.5, 0.6) is 5.75 Å². The third kappa shape index (κ3) is 3.94. The zero-order valence-corrected chi connectivity index (χ0v) is 18.2. The molecule has 0 unspecified atom stereocenters. The molecule has 0 amide bonds. The van der Waals surface area contributed by atoms with E-state index in [-0.39, 0.29) is 12.2 Å². The molecule has 0 aliphatic carbocycles. The van der Waals surface area contributed by atoms with Gasteiger partial charge in [-0.3, -0.25) is 14.3 Å². The van der Waals surface area contributed by atoms with E-state index < -0.39 is 12.0 Å². The van der Waals surface area contributed by atoms with Gasteiger partial charge in [0.2, 0.25) is 0 Å². The van der Waals surface area contributed by atoms with Gasteiger partial charge >= 0.3 is 5.97 Å². The molecule has 0 saturated carbocycles. The lowest BCUT2D eigenvalue weighted by atomic mass is 9.96. The third-order valence-electron chi connectivity index (χ3n) is 4.92. The molecule has 0 radical (unpaired) electrons. The number of benzene rings is 1. The summed E-state index contributed by atoms with van der Waals surface area (Å²) in [4.78, 5) is 35.6. The topological polar surface area (TPSA) is 82.8 Å². The number of thiazole rings is 1. The Balaban J connectivity index is 1.95. The highest BCUT2D eigenvalue weighted by Gasteiger charge is 2.33. The highest BCUT2D eigenvalue weighted by atomic mass is 32.1. The molecule has 1 aliphatic rings. The summed E-state index contributed by atoms with van der Waals surface area (Å²) in [5.41, 5.74) is 2.09. The van der Waals surface area contributed by atoms with Crippen LogP contribution in [-0.2, 0) is 9.53 Å². The quantitative estimate of drug-likeness (QED) is 0.574. The molecule has 4 rings (SSSR count). The predicted molar refractivity (Wildman–Crippen MR) is 118 cm³/mol. The molecular formula is C23H21N3O4S. The molecule has 31 heavy (non-hydrogen) atoms. The van der Waals surface area contributed by atoms with Crippen molar-refractivity contribution in [1.29, 1.82) is 0 Å². The second-order valence-electron chi connectivity index (χ2n) is 6.83. The van der Waals surface area contributed by atoms with E-state index in [0.29, 0.717) is 32.0 Å². The molecule has 0 spiro atoms. The van der Waals surface area contributed by atoms with E-state index in [9.17, 15) is 9.59 Å². The maximum atomic E-state index is 13.4. The molecule has 8 heteroatoms. The number of methoxy groups -OCH3 is 1. The Kier molecular flexibility index (Phi) is 5.81. The molecule has 0 N–H and O–H groups in total. The van der Waals surface area contributed by atoms with E-state index in [1.165, 1.54) is 11.3 Å². The average Bonchev–Trinajstić information content (AvgIpc) is 3.08. The summed E-state index contributed by atoms with van der Waals surface area (Å²) in [5, 5.41) is 0. The maximum absolute atomic E-state index is 13.4. The van der Waals surface area contributed by atoms with Gasteiger partial charge in [0.15, 0.2) is 4.80 Å². The first-order chi connectivity index (χ1) is 15.0. The molecular weight excluding hydrogens is 414 g/mol. The molecule has 3 heterocycles. The summed E-state index contributed by atoms with van der Waals surface area (Å²) in [7, 11) is 1.59. The van der Waals surface area contributed by atoms with Gasteiger partial charge in [0.1, 0.15) is 5.75 Å². The molecule has 0 bridgehead atoms. The van der Waals surface area contributed by atoms with Gasteiger partial charge in [-0.25, -0.2) is 9.79 Å². The third-order valence-corrected chi connectivity index (χ3v) is 5.90. The Bertz CT molecular complexity index is 1320. The maximum Gasteiger partial charge on any atom is 0.338 e. The Morgan fingerprint density at radius 2 is 2.00 bits per heavy atom. The number of carbonyl (C=O) groups is 1. The van der Waals surface area contributed by atoms with Crippen LogP contribution in [0.25, 0.3) is 6.08 Å². The van der Waals surface area contributed by atoms with Crippen LogP contribution in [-0.4, -0.2) is 29.2 Å². The summed E-state index contributed by atoms with van der Waals surface area (Å²) in [6.45, 7) is 3.74. The summed E-state index contributed by atoms with van der Waals surface area (Å²) in [6, 6.07) is 12.2. The second-order valence-corrected chi connectivity index (χ2v) is 7.84. The van der Waals surface area contributed by atoms with E-state index in [1.54, 1.807) is 49.9 Å². The lowest BCUT2D eigenvalue weighted by Gasteiger charge is -2.24. The number of fused-ring (bicyclic) bond motifs is 1. The zero-order valence-electron chi connectivity index (χ0n) is 17.4. The molecule has 0 fully saturated rings. The summed E-state index contributed by atoms with van der Waals surface area (Å²) in [6.07, 6.45) is 3.41. The van der Waals surface area contributed by atoms with Gasteiger partial charge in [0.25, 0.3) is 5.56 Å². The largest absolute Gasteiger partial charge is 0.497 e. The Morgan fingerprint density at radius 1 is 1.23 bits per heavy atom. The van der Waals surface area contributed by atoms with Crippen molar-refractivity contribution in [3.63, 3.8) is 0 Å². The fraction of sp³-hybridized carbons (Fsp3) is 0.217. The van der Waals surface area contributed by atoms with Gasteiger partial charge in [0.05, 0.1) is 41.3 Å². The number of nitrogens with zero attached hydrogens (tertiary/aromatic N) is 3. The van der Waals surface area contributed by atoms with Crippen LogP contribution < -0.4 is 19.6 Å². The van der Waals surface area contributed by atoms with Gasteiger partial charge in [-0.2, -0.15) is 0 Å². The minimum atomic E-state index is -0.646. The van der Waals surface area contributed by atoms with E-state index >= 15 is 0 Å². The Hall–Kier alpha value is -3.52. The SMILES string of the molecule is CCOC(=O)C1=C(C)N=c2s/c(=C\c3ccccn3)c(=O)n2[C@@H]1c1ccc(OC)cc1. The second kappa shape index (κ2) is 8.69. The average molecular weight is 436 g/mol. The number of hydrogen-bond acceptors (Lipinski definition) is 7. The summed E-state index contributed by atoms with van der Waals surface area (Å²) >= 11 is 1.27. The number of ether oxygens (including phenoxy) is 2. The predicted octanol–water partition coefficient (Wildman–Crippen LogP) is 2.20. The minimum absolute atomic E-state index is 0.231. The van der Waals surface area contributed by atoms with E-state index in [4.69, 9.17) is 9.47 Å². The highest BCUT2D eigenvalue weighted by Crippen LogP contribution is 2.31. The van der Waals surface area contributed by atoms with Gasteiger partial charge in [-0.05, 0) is 49.8 Å². The van der Waals surface area contributed by atoms with E-state index in [0.717, 1.165) is 5.56 Å². The Labute approximate surface area is 182 Å². The highest BCUT2D eigenvalue weighted by molar-refractivity contribution is 7.07. The number of esters is 1. The van der Waals surface area contributed by atoms with Gasteiger partial charge in [-0.15, -0.1) is 0 Å². The van der Waals surface area contributed by atoms with Crippen LogP contribution in [0.2, 0.25) is 0 Å². The lowest BCUT2D eigenvalue weighted by Crippen LogP contribution is -2.39. The number of hydrogen-bond donors (Lipinski definition) is 0. The summed E-state index contributed by atoms with van der Waals surface area (Å²) < 4.78 is 12.6. The molecule has 0 saturated heterocycles. The molecule has 3 aromatic rings. The van der Waals surface area contributed by atoms with E-state index in [2.05, 4.69) is 9.98 Å². The van der Waals surface area contributed by atoms with Crippen LogP contribution in [0.3, 0.4) is 0 Å². The first kappa shape index (κ1) is 20.7. The van der Waals surface area contributed by atoms with Crippen molar-refractivity contribution in [2.75, 3.05) is 13.7 Å². The first-order valence-electron chi connectivity index (χ1n) is 9.78. The Morgan fingerprint density at radius 3 is 2.65 bits per heavy atom. The molecule has 7 nitrogen and oxygen atoms in total. The fourth-order valence-electron chi connectivity index (χ4n) is 3.49. The number of rotatable bonds is 5. The van der Waals surface area contributed by atoms with Crippen molar-refractivity contribution in [2.24, 2.45) is 4.99 Å². The molecule has 1 aromatic carbocycles. The smallest absolute Gasteiger partial charge is 0.338 e. The minimum Gasteiger partial charge on any atom is -0.497 e. The number of aromatic nitrogens is 2. The molecule has 158 valence electrons. The fourth-order valence-corrected chi connectivity index (χ4v) is 4.52. The molecule has 1 aliphatic heterocycles. The normalized spacial score (nSPS) is 16.0. The van der Waals surface area contributed by atoms with Crippen molar-refractivity contribution in [3.8, 4) is 5.75 Å². The number of allylic oxidation sites excluding steroid dienone is 1. The van der Waals surface area contributed by atoms with Crippen LogP contribution in [0, 0.1) is 0 Å². The van der Waals surface area contributed by atoms with Crippen molar-refractivity contribution in [2.45, 2.75) is 19.9 Å². The first-order valence-corrected chi connectivity index (χ1v) is 10.6. The van der Waals surface area contributed by atoms with Gasteiger partial charge < -0.3 is 9.47 Å². The van der Waals surface area contributed by atoms with Crippen LogP contribution in [0.1, 0.15) is 31.1 Å². The van der Waals surface area contributed by atoms with Crippen molar-refractivity contribution in [3.05, 3.63) is 90.9 Å². The standard InChI is InChI=1S/C23H21N3O4S/c1-4-30-22(28)19-14(2)25-23-26(20(19)15-8-10-17(29-3)11-9-15)21(27)18(31-23)13-16-7-5-6-12-24-16/h5-13,20H,4H2,1-3H3/b18-13-/t20-/m1/s1. The molecule has 2 aromatic heterocycles. The van der Waals surface area contributed by atoms with Crippen molar-refractivity contribution < 1.29 is 14.3 Å². The number of pyridine rings is 1. The van der Waals surface area contributed by atoms with E-state index in [1.807, 2.05) is 30.3 Å². The molecule has 1 atom stereocenters. The van der Waals surface area contributed by atoms with Crippen LogP contribution in [0.15, 0.2) is 69.7 Å². The van der Waals surface area contributed by atoms with Crippen molar-refractivity contribution >= 4 is 23.4 Å². The van der Waals surface area contributed by atoms with Crippen LogP contribution >= 0.6 is 11.3 Å². The van der Waals surface area contributed by atoms with Gasteiger partial charge in [-0.1, -0.05) is 29.5 Å². The monoisotopic (exact) mass is 435 g/mol. The van der Waals surface area contributed by atoms with Gasteiger partial charge in [0, 0.05) is 6.20 Å². The summed E-state index contributed by atoms with van der Waals surface area (Å²) in [5.74, 6) is 0.202. The van der Waals surface area contributed by atoms with Crippen molar-refractivity contribution in [1.82, 2.24) is 9.55 Å².